The van der Waals surface area contributed by atoms with Crippen LogP contribution in [-0.2, 0) is 0 Å². The maximum atomic E-state index is 12.8. The van der Waals surface area contributed by atoms with Crippen LogP contribution in [0.3, 0.4) is 0 Å². The maximum absolute atomic E-state index is 12.8. The van der Waals surface area contributed by atoms with Gasteiger partial charge in [0.05, 0.1) is 0 Å². The van der Waals surface area contributed by atoms with Crippen molar-refractivity contribution in [3.8, 4) is 0 Å². The van der Waals surface area contributed by atoms with Crippen LogP contribution in [0.2, 0.25) is 0 Å². The number of amides is 3. The van der Waals surface area contributed by atoms with Crippen molar-refractivity contribution in [3.05, 3.63) is 29.8 Å². The summed E-state index contributed by atoms with van der Waals surface area (Å²) in [6, 6.07) is 7.30. The predicted molar refractivity (Wildman–Crippen MR) is 91.2 cm³/mol. The van der Waals surface area contributed by atoms with Gasteiger partial charge in [-0.1, -0.05) is 6.07 Å². The van der Waals surface area contributed by atoms with E-state index in [2.05, 4.69) is 10.2 Å². The van der Waals surface area contributed by atoms with Crippen molar-refractivity contribution >= 4 is 17.6 Å². The number of nitrogens with zero attached hydrogens (tertiary/aromatic N) is 3. The van der Waals surface area contributed by atoms with Gasteiger partial charge in [-0.2, -0.15) is 0 Å². The highest BCUT2D eigenvalue weighted by Gasteiger charge is 2.28. The van der Waals surface area contributed by atoms with Gasteiger partial charge in [-0.25, -0.2) is 4.79 Å². The molecule has 2 saturated heterocycles. The third-order valence-corrected chi connectivity index (χ3v) is 4.79. The number of carbonyl (C=O) groups is 2. The van der Waals surface area contributed by atoms with E-state index >= 15 is 0 Å². The number of benzene rings is 1. The third kappa shape index (κ3) is 3.37. The first kappa shape index (κ1) is 16.7. The van der Waals surface area contributed by atoms with E-state index in [4.69, 9.17) is 0 Å². The summed E-state index contributed by atoms with van der Waals surface area (Å²) in [6.45, 7) is 3.44. The molecule has 1 aromatic carbocycles. The van der Waals surface area contributed by atoms with Crippen LogP contribution in [0, 0.1) is 0 Å². The van der Waals surface area contributed by atoms with E-state index in [0.717, 1.165) is 12.2 Å². The third-order valence-electron chi connectivity index (χ3n) is 4.79. The normalized spacial score (nSPS) is 21.9. The van der Waals surface area contributed by atoms with Gasteiger partial charge in [-0.05, 0) is 31.7 Å². The zero-order valence-electron chi connectivity index (χ0n) is 13.9. The lowest BCUT2D eigenvalue weighted by Gasteiger charge is -2.39. The van der Waals surface area contributed by atoms with Crippen molar-refractivity contribution in [3.63, 3.8) is 0 Å². The Morgan fingerprint density at radius 2 is 2.17 bits per heavy atom. The molecule has 2 aliphatic heterocycles. The van der Waals surface area contributed by atoms with E-state index < -0.39 is 0 Å². The molecule has 7 heteroatoms. The molecule has 0 bridgehead atoms. The minimum atomic E-state index is -0.123. The molecule has 2 aliphatic rings. The molecule has 2 N–H and O–H groups in total. The fourth-order valence-corrected chi connectivity index (χ4v) is 3.30. The zero-order chi connectivity index (χ0) is 17.1. The number of hydrogen-bond acceptors (Lipinski definition) is 4. The number of aliphatic hydroxyl groups excluding tert-OH is 1. The second kappa shape index (κ2) is 7.19. The van der Waals surface area contributed by atoms with Crippen LogP contribution >= 0.6 is 0 Å². The van der Waals surface area contributed by atoms with Crippen LogP contribution in [0.25, 0.3) is 0 Å². The standard InChI is InChI=1S/C17H24N4O3/c1-19-8-9-20(12-15(19)5-10-22)16(23)13-3-2-4-14(11-13)21-7-6-18-17(21)24/h2-4,11,15,22H,5-10,12H2,1H3,(H,18,24). The smallest absolute Gasteiger partial charge is 0.321 e. The van der Waals surface area contributed by atoms with Crippen LogP contribution in [0.15, 0.2) is 24.3 Å². The number of carbonyl (C=O) groups excluding carboxylic acids is 2. The zero-order valence-corrected chi connectivity index (χ0v) is 13.9. The fourth-order valence-electron chi connectivity index (χ4n) is 3.30. The van der Waals surface area contributed by atoms with Gasteiger partial charge in [0.25, 0.3) is 5.91 Å². The number of piperazine rings is 1. The molecule has 1 unspecified atom stereocenters. The van der Waals surface area contributed by atoms with E-state index in [-0.39, 0.29) is 24.6 Å². The molecule has 0 aliphatic carbocycles. The number of nitrogens with one attached hydrogen (secondary N) is 1. The first-order chi connectivity index (χ1) is 11.6. The Morgan fingerprint density at radius 3 is 2.88 bits per heavy atom. The highest BCUT2D eigenvalue weighted by Crippen LogP contribution is 2.20. The van der Waals surface area contributed by atoms with Crippen LogP contribution in [0.4, 0.5) is 10.5 Å². The first-order valence-corrected chi connectivity index (χ1v) is 8.36. The summed E-state index contributed by atoms with van der Waals surface area (Å²) in [4.78, 5) is 30.3. The lowest BCUT2D eigenvalue weighted by atomic mass is 10.1. The van der Waals surface area contributed by atoms with Gasteiger partial charge in [0.1, 0.15) is 0 Å². The van der Waals surface area contributed by atoms with E-state index in [0.29, 0.717) is 38.2 Å². The number of urea groups is 1. The summed E-state index contributed by atoms with van der Waals surface area (Å²) in [6.07, 6.45) is 0.661. The molecular weight excluding hydrogens is 308 g/mol. The summed E-state index contributed by atoms with van der Waals surface area (Å²) in [5, 5.41) is 12.0. The number of likely N-dealkylation sites (N-methyl/N-ethyl adjacent to an activating group) is 1. The molecule has 3 amide bonds. The minimum absolute atomic E-state index is 0.0208. The van der Waals surface area contributed by atoms with E-state index in [1.807, 2.05) is 24.1 Å². The van der Waals surface area contributed by atoms with Crippen molar-refractivity contribution in [1.29, 1.82) is 0 Å². The molecule has 0 spiro atoms. The van der Waals surface area contributed by atoms with E-state index in [1.54, 1.807) is 17.0 Å². The average molecular weight is 332 g/mol. The SMILES string of the molecule is CN1CCN(C(=O)c2cccc(N3CCNC3=O)c2)CC1CCO. The van der Waals surface area contributed by atoms with Gasteiger partial charge in [0, 0.05) is 56.6 Å². The Bertz CT molecular complexity index is 622. The largest absolute Gasteiger partial charge is 0.396 e. The Morgan fingerprint density at radius 1 is 1.33 bits per heavy atom. The quantitative estimate of drug-likeness (QED) is 0.834. The molecule has 2 fully saturated rings. The second-order valence-corrected chi connectivity index (χ2v) is 6.33. The number of aliphatic hydroxyl groups is 1. The van der Waals surface area contributed by atoms with Gasteiger partial charge in [0.2, 0.25) is 0 Å². The van der Waals surface area contributed by atoms with Gasteiger partial charge >= 0.3 is 6.03 Å². The van der Waals surface area contributed by atoms with Crippen molar-refractivity contribution in [2.24, 2.45) is 0 Å². The highest BCUT2D eigenvalue weighted by atomic mass is 16.3. The van der Waals surface area contributed by atoms with Gasteiger partial charge in [0.15, 0.2) is 0 Å². The molecule has 1 aromatic rings. The van der Waals surface area contributed by atoms with Crippen molar-refractivity contribution in [2.75, 3.05) is 51.3 Å². The molecule has 7 nitrogen and oxygen atoms in total. The molecule has 3 rings (SSSR count). The Hall–Kier alpha value is -2.12. The van der Waals surface area contributed by atoms with Gasteiger partial charge in [-0.15, -0.1) is 0 Å². The summed E-state index contributed by atoms with van der Waals surface area (Å²) >= 11 is 0. The Balaban J connectivity index is 1.74. The van der Waals surface area contributed by atoms with Crippen molar-refractivity contribution in [2.45, 2.75) is 12.5 Å². The summed E-state index contributed by atoms with van der Waals surface area (Å²) in [5.41, 5.74) is 1.34. The maximum Gasteiger partial charge on any atom is 0.321 e. The predicted octanol–water partition coefficient (Wildman–Crippen LogP) is 0.355. The van der Waals surface area contributed by atoms with Crippen molar-refractivity contribution in [1.82, 2.24) is 15.1 Å². The van der Waals surface area contributed by atoms with Crippen LogP contribution in [0.5, 0.6) is 0 Å². The summed E-state index contributed by atoms with van der Waals surface area (Å²) < 4.78 is 0. The van der Waals surface area contributed by atoms with Crippen molar-refractivity contribution < 1.29 is 14.7 Å². The number of anilines is 1. The lowest BCUT2D eigenvalue weighted by Crippen LogP contribution is -2.53. The summed E-state index contributed by atoms with van der Waals surface area (Å²) in [7, 11) is 2.02. The number of rotatable bonds is 4. The average Bonchev–Trinajstić information content (AvgIpc) is 3.02. The topological polar surface area (TPSA) is 76.1 Å². The molecular formula is C17H24N4O3. The monoisotopic (exact) mass is 332 g/mol. The fraction of sp³-hybridized carbons (Fsp3) is 0.529. The van der Waals surface area contributed by atoms with Gasteiger partial charge < -0.3 is 15.3 Å². The molecule has 0 saturated carbocycles. The summed E-state index contributed by atoms with van der Waals surface area (Å²) in [5.74, 6) is -0.0208. The van der Waals surface area contributed by atoms with Crippen LogP contribution in [-0.4, -0.2) is 79.3 Å². The Labute approximate surface area is 141 Å². The molecule has 24 heavy (non-hydrogen) atoms. The highest BCUT2D eigenvalue weighted by molar-refractivity contribution is 5.98. The van der Waals surface area contributed by atoms with E-state index in [1.165, 1.54) is 0 Å². The van der Waals surface area contributed by atoms with E-state index in [9.17, 15) is 14.7 Å². The Kier molecular flexibility index (Phi) is 5.01. The molecule has 1 atom stereocenters. The second-order valence-electron chi connectivity index (χ2n) is 6.33. The van der Waals surface area contributed by atoms with Crippen LogP contribution < -0.4 is 10.2 Å². The number of hydrogen-bond donors (Lipinski definition) is 2. The molecule has 2 heterocycles. The lowest BCUT2D eigenvalue weighted by molar-refractivity contribution is 0.0500. The van der Waals surface area contributed by atoms with Gasteiger partial charge in [-0.3, -0.25) is 14.6 Å². The minimum Gasteiger partial charge on any atom is -0.396 e. The molecule has 0 aromatic heterocycles. The first-order valence-electron chi connectivity index (χ1n) is 8.36. The molecule has 130 valence electrons. The van der Waals surface area contributed by atoms with Crippen LogP contribution in [0.1, 0.15) is 16.8 Å². The molecule has 0 radical (unpaired) electrons.